The fraction of sp³-hybridized carbons (Fsp3) is 0.421. The van der Waals surface area contributed by atoms with Gasteiger partial charge in [-0.1, -0.05) is 29.8 Å². The number of benzene rings is 1. The number of ether oxygens (including phenoxy) is 1. The number of anilines is 1. The number of rotatable bonds is 6. The molecule has 2 aromatic heterocycles. The number of hydrogen-bond acceptors (Lipinski definition) is 5. The number of H-pyrrole nitrogens is 1. The molecule has 1 aliphatic rings. The van der Waals surface area contributed by atoms with Crippen molar-refractivity contribution in [3.05, 3.63) is 47.4 Å². The van der Waals surface area contributed by atoms with Crippen LogP contribution in [-0.4, -0.2) is 38.9 Å². The van der Waals surface area contributed by atoms with Gasteiger partial charge in [0.15, 0.2) is 5.65 Å². The summed E-state index contributed by atoms with van der Waals surface area (Å²) >= 11 is 6.19. The highest BCUT2D eigenvalue weighted by atomic mass is 35.5. The monoisotopic (exact) mass is 371 g/mol. The lowest BCUT2D eigenvalue weighted by atomic mass is 9.93. The largest absolute Gasteiger partial charge is 0.378 e. The van der Waals surface area contributed by atoms with Crippen LogP contribution in [0.25, 0.3) is 11.0 Å². The van der Waals surface area contributed by atoms with Crippen molar-refractivity contribution >= 4 is 28.5 Å². The van der Waals surface area contributed by atoms with E-state index in [1.165, 1.54) is 0 Å². The third kappa shape index (κ3) is 3.97. The lowest BCUT2D eigenvalue weighted by Crippen LogP contribution is -2.30. The molecule has 2 heterocycles. The van der Waals surface area contributed by atoms with E-state index in [0.717, 1.165) is 59.5 Å². The summed E-state index contributed by atoms with van der Waals surface area (Å²) in [7, 11) is 0. The van der Waals surface area contributed by atoms with Crippen molar-refractivity contribution in [2.24, 2.45) is 0 Å². The Bertz CT molecular complexity index is 860. The Morgan fingerprint density at radius 1 is 1.15 bits per heavy atom. The van der Waals surface area contributed by atoms with Crippen molar-refractivity contribution in [2.75, 3.05) is 11.9 Å². The molecular formula is C19H22ClN5O. The molecule has 0 aliphatic heterocycles. The molecule has 0 atom stereocenters. The van der Waals surface area contributed by atoms with E-state index in [1.807, 2.05) is 18.2 Å². The average molecular weight is 372 g/mol. The van der Waals surface area contributed by atoms with Crippen LogP contribution in [0.5, 0.6) is 0 Å². The van der Waals surface area contributed by atoms with Crippen LogP contribution < -0.4 is 5.32 Å². The fourth-order valence-electron chi connectivity index (χ4n) is 3.48. The van der Waals surface area contributed by atoms with Gasteiger partial charge in [-0.3, -0.25) is 5.10 Å². The number of halogens is 1. The van der Waals surface area contributed by atoms with Gasteiger partial charge in [-0.2, -0.15) is 5.10 Å². The minimum atomic E-state index is 0.329. The van der Waals surface area contributed by atoms with E-state index in [0.29, 0.717) is 18.8 Å². The Hall–Kier alpha value is -2.18. The summed E-state index contributed by atoms with van der Waals surface area (Å²) in [6.45, 7) is 0.716. The molecule has 0 saturated heterocycles. The van der Waals surface area contributed by atoms with Crippen LogP contribution in [0.1, 0.15) is 31.2 Å². The molecule has 0 unspecified atom stereocenters. The molecule has 0 spiro atoms. The molecule has 0 radical (unpaired) electrons. The summed E-state index contributed by atoms with van der Waals surface area (Å²) in [4.78, 5) is 8.53. The maximum atomic E-state index is 6.19. The summed E-state index contributed by atoms with van der Waals surface area (Å²) in [6.07, 6.45) is 8.76. The maximum absolute atomic E-state index is 6.19. The average Bonchev–Trinajstić information content (AvgIpc) is 3.15. The predicted octanol–water partition coefficient (Wildman–Crippen LogP) is 3.99. The normalized spacial score (nSPS) is 20.3. The van der Waals surface area contributed by atoms with Gasteiger partial charge in [0, 0.05) is 11.1 Å². The molecule has 3 aromatic rings. The van der Waals surface area contributed by atoms with E-state index in [9.17, 15) is 0 Å². The second kappa shape index (κ2) is 8.01. The minimum Gasteiger partial charge on any atom is -0.378 e. The van der Waals surface area contributed by atoms with Gasteiger partial charge >= 0.3 is 0 Å². The maximum Gasteiger partial charge on any atom is 0.160 e. The molecule has 1 saturated carbocycles. The van der Waals surface area contributed by atoms with Gasteiger partial charge in [-0.25, -0.2) is 9.97 Å². The summed E-state index contributed by atoms with van der Waals surface area (Å²) in [5.74, 6) is 0.854. The van der Waals surface area contributed by atoms with Crippen LogP contribution in [-0.2, 0) is 11.2 Å². The van der Waals surface area contributed by atoms with E-state index in [-0.39, 0.29) is 0 Å². The molecule has 1 fully saturated rings. The second-order valence-corrected chi connectivity index (χ2v) is 7.09. The van der Waals surface area contributed by atoms with Crippen molar-refractivity contribution in [1.82, 2.24) is 20.2 Å². The smallest absolute Gasteiger partial charge is 0.160 e. The second-order valence-electron chi connectivity index (χ2n) is 6.68. The standard InChI is InChI=1S/C19H22ClN5O/c20-17-4-2-1-3-13(17)9-10-26-15-7-5-14(6-8-15)24-18-16-11-23-25-19(16)22-12-21-18/h1-4,11-12,14-15H,5-10H2,(H2,21,22,23,24,25)/t14-,15-. The summed E-state index contributed by atoms with van der Waals surface area (Å²) in [6, 6.07) is 8.37. The highest BCUT2D eigenvalue weighted by Gasteiger charge is 2.22. The molecule has 26 heavy (non-hydrogen) atoms. The van der Waals surface area contributed by atoms with Gasteiger partial charge in [0.2, 0.25) is 0 Å². The van der Waals surface area contributed by atoms with Crippen molar-refractivity contribution in [1.29, 1.82) is 0 Å². The van der Waals surface area contributed by atoms with E-state index in [4.69, 9.17) is 16.3 Å². The number of aromatic amines is 1. The number of hydrogen-bond donors (Lipinski definition) is 2. The molecule has 0 bridgehead atoms. The summed E-state index contributed by atoms with van der Waals surface area (Å²) in [5.41, 5.74) is 1.91. The van der Waals surface area contributed by atoms with Crippen LogP contribution in [0.4, 0.5) is 5.82 Å². The van der Waals surface area contributed by atoms with E-state index in [2.05, 4.69) is 31.5 Å². The quantitative estimate of drug-likeness (QED) is 0.685. The molecule has 6 nitrogen and oxygen atoms in total. The highest BCUT2D eigenvalue weighted by molar-refractivity contribution is 6.31. The van der Waals surface area contributed by atoms with E-state index < -0.39 is 0 Å². The molecule has 1 aromatic carbocycles. The van der Waals surface area contributed by atoms with E-state index >= 15 is 0 Å². The minimum absolute atomic E-state index is 0.329. The third-order valence-corrected chi connectivity index (χ3v) is 5.31. The molecule has 2 N–H and O–H groups in total. The highest BCUT2D eigenvalue weighted by Crippen LogP contribution is 2.26. The van der Waals surface area contributed by atoms with Gasteiger partial charge in [-0.15, -0.1) is 0 Å². The lowest BCUT2D eigenvalue weighted by Gasteiger charge is -2.29. The molecule has 136 valence electrons. The number of fused-ring (bicyclic) bond motifs is 1. The first-order valence-electron chi connectivity index (χ1n) is 9.05. The van der Waals surface area contributed by atoms with Crippen LogP contribution in [0.3, 0.4) is 0 Å². The Morgan fingerprint density at radius 3 is 2.85 bits per heavy atom. The first-order valence-corrected chi connectivity index (χ1v) is 9.43. The van der Waals surface area contributed by atoms with Crippen molar-refractivity contribution in [2.45, 2.75) is 44.2 Å². The van der Waals surface area contributed by atoms with Crippen LogP contribution >= 0.6 is 11.6 Å². The first kappa shape index (κ1) is 17.2. The Balaban J connectivity index is 1.24. The van der Waals surface area contributed by atoms with Crippen molar-refractivity contribution < 1.29 is 4.74 Å². The molecular weight excluding hydrogens is 350 g/mol. The fourth-order valence-corrected chi connectivity index (χ4v) is 3.71. The zero-order valence-corrected chi connectivity index (χ0v) is 15.2. The first-order chi connectivity index (χ1) is 12.8. The van der Waals surface area contributed by atoms with Gasteiger partial charge in [0.25, 0.3) is 0 Å². The van der Waals surface area contributed by atoms with Crippen molar-refractivity contribution in [3.8, 4) is 0 Å². The number of nitrogens with one attached hydrogen (secondary N) is 2. The van der Waals surface area contributed by atoms with Gasteiger partial charge in [0.1, 0.15) is 12.1 Å². The number of nitrogens with zero attached hydrogens (tertiary/aromatic N) is 3. The predicted molar refractivity (Wildman–Crippen MR) is 102 cm³/mol. The van der Waals surface area contributed by atoms with E-state index in [1.54, 1.807) is 12.5 Å². The Morgan fingerprint density at radius 2 is 2.00 bits per heavy atom. The van der Waals surface area contributed by atoms with Gasteiger partial charge < -0.3 is 10.1 Å². The Kier molecular flexibility index (Phi) is 5.32. The molecule has 0 amide bonds. The van der Waals surface area contributed by atoms with Crippen molar-refractivity contribution in [3.63, 3.8) is 0 Å². The molecule has 7 heteroatoms. The zero-order valence-electron chi connectivity index (χ0n) is 14.5. The molecule has 4 rings (SSSR count). The van der Waals surface area contributed by atoms with Crippen LogP contribution in [0.15, 0.2) is 36.8 Å². The van der Waals surface area contributed by atoms with Crippen LogP contribution in [0, 0.1) is 0 Å². The molecule has 1 aliphatic carbocycles. The number of aromatic nitrogens is 4. The summed E-state index contributed by atoms with van der Waals surface area (Å²) < 4.78 is 6.07. The zero-order chi connectivity index (χ0) is 17.8. The Labute approximate surface area is 157 Å². The van der Waals surface area contributed by atoms with Crippen LogP contribution in [0.2, 0.25) is 5.02 Å². The SMILES string of the molecule is Clc1ccccc1CCO[C@H]1CC[C@H](Nc2ncnc3[nH]ncc23)CC1. The van der Waals surface area contributed by atoms with Gasteiger partial charge in [-0.05, 0) is 43.7 Å². The topological polar surface area (TPSA) is 75.7 Å². The summed E-state index contributed by atoms with van der Waals surface area (Å²) in [5, 5.41) is 12.2. The third-order valence-electron chi connectivity index (χ3n) is 4.95. The van der Waals surface area contributed by atoms with Gasteiger partial charge in [0.05, 0.1) is 24.3 Å². The lowest BCUT2D eigenvalue weighted by molar-refractivity contribution is 0.0283.